The third-order valence-corrected chi connectivity index (χ3v) is 4.51. The van der Waals surface area contributed by atoms with Crippen LogP contribution in [0.3, 0.4) is 0 Å². The third-order valence-electron chi connectivity index (χ3n) is 2.80. The summed E-state index contributed by atoms with van der Waals surface area (Å²) in [5.74, 6) is -0.993. The van der Waals surface area contributed by atoms with Crippen molar-refractivity contribution in [2.24, 2.45) is 4.99 Å². The normalized spacial score (nSPS) is 17.6. The zero-order chi connectivity index (χ0) is 16.0. The molecule has 10 heteroatoms. The summed E-state index contributed by atoms with van der Waals surface area (Å²) >= 11 is 0. The largest absolute Gasteiger partial charge is 0.298 e. The summed E-state index contributed by atoms with van der Waals surface area (Å²) in [6.45, 7) is 0. The van der Waals surface area contributed by atoms with Crippen LogP contribution in [-0.4, -0.2) is 44.5 Å². The van der Waals surface area contributed by atoms with Crippen molar-refractivity contribution in [3.05, 3.63) is 34.2 Å². The molecule has 0 fully saturated rings. The lowest BCUT2D eigenvalue weighted by Crippen LogP contribution is -2.26. The number of carbonyl (C=O) groups is 1. The van der Waals surface area contributed by atoms with Crippen molar-refractivity contribution >= 4 is 37.8 Å². The number of allylic oxidation sites excluding steroid dienone is 1. The Morgan fingerprint density at radius 2 is 1.67 bits per heavy atom. The molecule has 0 bridgehead atoms. The first kappa shape index (κ1) is 15.5. The van der Waals surface area contributed by atoms with Crippen LogP contribution in [0.15, 0.2) is 33.0 Å². The molecular weight excluding hydrogens is 322 g/mol. The second-order valence-corrected chi connectivity index (χ2v) is 6.92. The third kappa shape index (κ3) is 2.78. The van der Waals surface area contributed by atoms with Crippen molar-refractivity contribution in [3.63, 3.8) is 0 Å². The van der Waals surface area contributed by atoms with Gasteiger partial charge in [0.25, 0.3) is 20.2 Å². The zero-order valence-corrected chi connectivity index (χ0v) is 12.1. The van der Waals surface area contributed by atoms with Gasteiger partial charge in [-0.05, 0) is 23.8 Å². The number of fused-ring (bicyclic) bond motifs is 1. The molecule has 0 unspecified atom stereocenters. The highest BCUT2D eigenvalue weighted by molar-refractivity contribution is 7.91. The number of Topliss-reactive ketones (excluding diaryl/α,β-unsaturated/α-hetero) is 1. The molecule has 0 spiro atoms. The monoisotopic (exact) mass is 331 g/mol. The lowest BCUT2D eigenvalue weighted by Gasteiger charge is -2.16. The first-order valence-electron chi connectivity index (χ1n) is 5.38. The van der Waals surface area contributed by atoms with Crippen LogP contribution in [0.4, 0.5) is 0 Å². The molecular formula is C11H9NO7S2. The van der Waals surface area contributed by atoms with E-state index in [1.165, 1.54) is 13.1 Å². The number of hydrogen-bond donors (Lipinski definition) is 2. The minimum Gasteiger partial charge on any atom is -0.286 e. The van der Waals surface area contributed by atoms with Gasteiger partial charge in [-0.2, -0.15) is 16.8 Å². The van der Waals surface area contributed by atoms with Gasteiger partial charge in [0, 0.05) is 12.6 Å². The van der Waals surface area contributed by atoms with Gasteiger partial charge in [-0.3, -0.25) is 18.9 Å². The minimum absolute atomic E-state index is 0.0259. The molecule has 0 heterocycles. The van der Waals surface area contributed by atoms with Crippen LogP contribution in [-0.2, 0) is 25.0 Å². The lowest BCUT2D eigenvalue weighted by atomic mass is 9.94. The van der Waals surface area contributed by atoms with Crippen LogP contribution in [0.2, 0.25) is 0 Å². The summed E-state index contributed by atoms with van der Waals surface area (Å²) in [5, 5.41) is 0. The van der Waals surface area contributed by atoms with E-state index in [1.807, 2.05) is 0 Å². The summed E-state index contributed by atoms with van der Waals surface area (Å²) in [4.78, 5) is 14.2. The highest BCUT2D eigenvalue weighted by Crippen LogP contribution is 2.27. The SMILES string of the molecule is CN=C1C(=O)C(S(=O)(=O)O)=Cc2cc(S(=O)(=O)O)ccc21. The lowest BCUT2D eigenvalue weighted by molar-refractivity contribution is -0.109. The van der Waals surface area contributed by atoms with Crippen molar-refractivity contribution < 1.29 is 30.7 Å². The predicted octanol–water partition coefficient (Wildman–Crippen LogP) is 0.164. The number of nitrogens with zero attached hydrogens (tertiary/aromatic N) is 1. The maximum Gasteiger partial charge on any atom is 0.298 e. The first-order valence-corrected chi connectivity index (χ1v) is 8.26. The van der Waals surface area contributed by atoms with E-state index in [2.05, 4.69) is 4.99 Å². The summed E-state index contributed by atoms with van der Waals surface area (Å²) < 4.78 is 62.6. The van der Waals surface area contributed by atoms with Crippen LogP contribution < -0.4 is 0 Å². The van der Waals surface area contributed by atoms with Crippen LogP contribution in [0.5, 0.6) is 0 Å². The molecule has 1 aromatic rings. The summed E-state index contributed by atoms with van der Waals surface area (Å²) in [6.07, 6.45) is 0.830. The number of hydrogen-bond acceptors (Lipinski definition) is 6. The van der Waals surface area contributed by atoms with Gasteiger partial charge in [0.1, 0.15) is 10.6 Å². The Morgan fingerprint density at radius 3 is 2.14 bits per heavy atom. The molecule has 0 saturated carbocycles. The van der Waals surface area contributed by atoms with Gasteiger partial charge < -0.3 is 0 Å². The molecule has 1 aromatic carbocycles. The number of ketones is 1. The fraction of sp³-hybridized carbons (Fsp3) is 0.0909. The van der Waals surface area contributed by atoms with E-state index in [0.717, 1.165) is 18.2 Å². The summed E-state index contributed by atoms with van der Waals surface area (Å²) in [7, 11) is -8.03. The second kappa shape index (κ2) is 4.84. The van der Waals surface area contributed by atoms with Gasteiger partial charge in [-0.1, -0.05) is 6.07 Å². The fourth-order valence-electron chi connectivity index (χ4n) is 1.90. The second-order valence-electron chi connectivity index (χ2n) is 4.11. The van der Waals surface area contributed by atoms with Crippen LogP contribution in [0, 0.1) is 0 Å². The highest BCUT2D eigenvalue weighted by atomic mass is 32.2. The molecule has 1 aliphatic carbocycles. The number of carbonyl (C=O) groups excluding carboxylic acids is 1. The molecule has 0 amide bonds. The number of rotatable bonds is 2. The van der Waals surface area contributed by atoms with E-state index in [4.69, 9.17) is 9.11 Å². The standard InChI is InChI=1S/C11H9NO7S2/c1-12-10-8-3-2-7(20(14,15)16)4-6(8)5-9(11(10)13)21(17,18)19/h2-5H,1H3,(H,14,15,16)(H,17,18,19). The van der Waals surface area contributed by atoms with Gasteiger partial charge in [0.05, 0.1) is 4.90 Å². The Hall–Kier alpha value is -1.88. The number of benzene rings is 1. The first-order chi connectivity index (χ1) is 9.55. The predicted molar refractivity (Wildman–Crippen MR) is 73.3 cm³/mol. The van der Waals surface area contributed by atoms with Gasteiger partial charge >= 0.3 is 0 Å². The molecule has 21 heavy (non-hydrogen) atoms. The van der Waals surface area contributed by atoms with Crippen LogP contribution in [0.25, 0.3) is 6.08 Å². The topological polar surface area (TPSA) is 138 Å². The van der Waals surface area contributed by atoms with Gasteiger partial charge in [-0.25, -0.2) is 0 Å². The Kier molecular flexibility index (Phi) is 3.58. The van der Waals surface area contributed by atoms with E-state index in [9.17, 15) is 21.6 Å². The van der Waals surface area contributed by atoms with Gasteiger partial charge in [-0.15, -0.1) is 0 Å². The summed E-state index contributed by atoms with van der Waals surface area (Å²) in [6, 6.07) is 3.25. The molecule has 0 aliphatic heterocycles. The quantitative estimate of drug-likeness (QED) is 0.736. The van der Waals surface area contributed by atoms with Crippen molar-refractivity contribution in [1.82, 2.24) is 0 Å². The van der Waals surface area contributed by atoms with E-state index in [-0.39, 0.29) is 16.8 Å². The Balaban J connectivity index is 2.83. The Bertz CT molecular complexity index is 908. The molecule has 0 saturated heterocycles. The molecule has 0 atom stereocenters. The average molecular weight is 331 g/mol. The maximum atomic E-state index is 11.9. The number of aliphatic imine (C=N–C) groups is 1. The van der Waals surface area contributed by atoms with Crippen molar-refractivity contribution in [2.75, 3.05) is 7.05 Å². The Morgan fingerprint density at radius 1 is 1.05 bits per heavy atom. The van der Waals surface area contributed by atoms with Gasteiger partial charge in [0.15, 0.2) is 0 Å². The molecule has 8 nitrogen and oxygen atoms in total. The van der Waals surface area contributed by atoms with Crippen molar-refractivity contribution in [1.29, 1.82) is 0 Å². The molecule has 0 radical (unpaired) electrons. The fourth-order valence-corrected chi connectivity index (χ4v) is 3.02. The van der Waals surface area contributed by atoms with E-state index in [1.54, 1.807) is 0 Å². The Labute approximate surface area is 120 Å². The average Bonchev–Trinajstić information content (AvgIpc) is 2.35. The minimum atomic E-state index is -4.79. The molecule has 2 N–H and O–H groups in total. The van der Waals surface area contributed by atoms with E-state index < -0.39 is 35.8 Å². The molecule has 2 rings (SSSR count). The van der Waals surface area contributed by atoms with E-state index in [0.29, 0.717) is 0 Å². The van der Waals surface area contributed by atoms with Crippen LogP contribution >= 0.6 is 0 Å². The molecule has 112 valence electrons. The van der Waals surface area contributed by atoms with E-state index >= 15 is 0 Å². The van der Waals surface area contributed by atoms with Crippen molar-refractivity contribution in [3.8, 4) is 0 Å². The smallest absolute Gasteiger partial charge is 0.286 e. The molecule has 0 aromatic heterocycles. The molecule has 1 aliphatic rings. The summed E-state index contributed by atoms with van der Waals surface area (Å²) in [5.41, 5.74) is -0.0118. The highest BCUT2D eigenvalue weighted by Gasteiger charge is 2.32. The van der Waals surface area contributed by atoms with Gasteiger partial charge in [0.2, 0.25) is 5.78 Å². The van der Waals surface area contributed by atoms with Crippen molar-refractivity contribution in [2.45, 2.75) is 4.90 Å². The zero-order valence-electron chi connectivity index (χ0n) is 10.5. The maximum absolute atomic E-state index is 11.9. The van der Waals surface area contributed by atoms with Crippen LogP contribution in [0.1, 0.15) is 11.1 Å².